The average molecular weight is 995 g/mol. The molecule has 7 unspecified atom stereocenters. The Balaban J connectivity index is 2.10. The average Bonchev–Trinajstić information content (AvgIpc) is 3.37. The van der Waals surface area contributed by atoms with Crippen LogP contribution in [0, 0.1) is 0 Å². The van der Waals surface area contributed by atoms with Crippen molar-refractivity contribution < 1.29 is 39.8 Å². The van der Waals surface area contributed by atoms with Gasteiger partial charge in [0.2, 0.25) is 5.91 Å². The fourth-order valence-electron chi connectivity index (χ4n) is 8.61. The van der Waals surface area contributed by atoms with Gasteiger partial charge in [0.05, 0.1) is 25.4 Å². The number of aliphatic hydroxyl groups excluding tert-OH is 5. The lowest BCUT2D eigenvalue weighted by atomic mass is 9.99. The van der Waals surface area contributed by atoms with Crippen molar-refractivity contribution in [1.82, 2.24) is 5.32 Å². The summed E-state index contributed by atoms with van der Waals surface area (Å²) in [6, 6.07) is -0.808. The summed E-state index contributed by atoms with van der Waals surface area (Å²) in [5.41, 5.74) is 0. The van der Waals surface area contributed by atoms with E-state index in [-0.39, 0.29) is 12.5 Å². The quantitative estimate of drug-likeness (QED) is 0.0261. The minimum absolute atomic E-state index is 0.181. The molecule has 9 heteroatoms. The van der Waals surface area contributed by atoms with Crippen LogP contribution < -0.4 is 5.32 Å². The number of ether oxygens (including phenoxy) is 2. The largest absolute Gasteiger partial charge is 0.394 e. The van der Waals surface area contributed by atoms with Gasteiger partial charge in [0.15, 0.2) is 6.29 Å². The van der Waals surface area contributed by atoms with E-state index in [0.717, 1.165) is 83.5 Å². The molecule has 1 amide bonds. The van der Waals surface area contributed by atoms with E-state index in [1.807, 2.05) is 6.08 Å². The van der Waals surface area contributed by atoms with Crippen molar-refractivity contribution in [1.29, 1.82) is 0 Å². The second-order valence-corrected chi connectivity index (χ2v) is 19.7. The van der Waals surface area contributed by atoms with E-state index in [0.29, 0.717) is 6.42 Å². The van der Waals surface area contributed by atoms with Gasteiger partial charge in [-0.05, 0) is 77.0 Å². The number of carbonyl (C=O) groups excluding carboxylic acids is 1. The molecular weight excluding hydrogens is 887 g/mol. The van der Waals surface area contributed by atoms with Gasteiger partial charge in [-0.25, -0.2) is 0 Å². The molecule has 1 fully saturated rings. The molecule has 0 aromatic heterocycles. The van der Waals surface area contributed by atoms with Gasteiger partial charge >= 0.3 is 0 Å². The third-order valence-electron chi connectivity index (χ3n) is 13.2. The maximum absolute atomic E-state index is 13.0. The van der Waals surface area contributed by atoms with Crippen molar-refractivity contribution in [3.05, 3.63) is 97.2 Å². The Morgan fingerprint density at radius 2 is 0.873 bits per heavy atom. The first-order chi connectivity index (χ1) is 34.8. The normalized spacial score (nSPS) is 20.0. The molecule has 71 heavy (non-hydrogen) atoms. The van der Waals surface area contributed by atoms with Crippen LogP contribution in [0.25, 0.3) is 0 Å². The molecular formula is C62H107NO8. The molecule has 9 nitrogen and oxygen atoms in total. The molecule has 0 bridgehead atoms. The summed E-state index contributed by atoms with van der Waals surface area (Å²) in [5, 5.41) is 54.3. The molecule has 1 aliphatic heterocycles. The molecule has 1 aliphatic rings. The van der Waals surface area contributed by atoms with Crippen LogP contribution in [0.4, 0.5) is 0 Å². The summed E-state index contributed by atoms with van der Waals surface area (Å²) in [5.74, 6) is -0.181. The van der Waals surface area contributed by atoms with Gasteiger partial charge in [-0.2, -0.15) is 0 Å². The maximum atomic E-state index is 13.0. The maximum Gasteiger partial charge on any atom is 0.220 e. The molecule has 1 heterocycles. The zero-order chi connectivity index (χ0) is 51.5. The van der Waals surface area contributed by atoms with Crippen molar-refractivity contribution in [2.45, 2.75) is 275 Å². The SMILES string of the molecule is CC/C=C\C/C=C\C/C=C\C/C=C\C/C=C\C/C=C\C/C=C\CCCCCCCCCCCCCCCCCC(=O)NC(COC1OC(CO)C(O)C(O)C1O)C(O)/C=C/CCCCCCCCCCC. The Kier molecular flexibility index (Phi) is 47.2. The van der Waals surface area contributed by atoms with Crippen LogP contribution in [-0.2, 0) is 14.3 Å². The zero-order valence-corrected chi connectivity index (χ0v) is 45.2. The number of hydrogen-bond donors (Lipinski definition) is 6. The molecule has 0 saturated carbocycles. The van der Waals surface area contributed by atoms with Crippen LogP contribution in [0.1, 0.15) is 232 Å². The summed E-state index contributed by atoms with van der Waals surface area (Å²) in [6.45, 7) is 3.64. The van der Waals surface area contributed by atoms with E-state index in [1.165, 1.54) is 128 Å². The monoisotopic (exact) mass is 994 g/mol. The van der Waals surface area contributed by atoms with Crippen molar-refractivity contribution in [3.8, 4) is 0 Å². The van der Waals surface area contributed by atoms with Crippen LogP contribution in [0.3, 0.4) is 0 Å². The third kappa shape index (κ3) is 40.2. The number of carbonyl (C=O) groups is 1. The first kappa shape index (κ1) is 66.1. The zero-order valence-electron chi connectivity index (χ0n) is 45.2. The molecule has 0 aliphatic carbocycles. The van der Waals surface area contributed by atoms with Crippen LogP contribution in [-0.4, -0.2) is 87.5 Å². The first-order valence-corrected chi connectivity index (χ1v) is 29.0. The van der Waals surface area contributed by atoms with Gasteiger partial charge < -0.3 is 40.3 Å². The minimum atomic E-state index is -1.57. The number of rotatable bonds is 48. The highest BCUT2D eigenvalue weighted by molar-refractivity contribution is 5.76. The standard InChI is InChI=1S/C62H107NO8/c1-3-5-7-9-11-13-15-16-17-18-19-20-21-22-23-24-25-26-27-28-29-30-31-32-33-34-35-36-37-38-39-40-42-44-46-48-50-52-58(66)63-55(54-70-62-61(69)60(68)59(67)57(53-64)71-62)56(65)51-49-47-45-43-41-14-12-10-8-6-4-2/h5,7,11,13,16-17,19-20,22-23,25-26,28-29,49,51,55-57,59-62,64-65,67-69H,3-4,6,8-10,12,14-15,18,21,24,27,30-48,50,52-54H2,1-2H3,(H,63,66)/b7-5-,13-11-,17-16-,20-19-,23-22-,26-25-,29-28-,51-49+. The van der Waals surface area contributed by atoms with E-state index in [4.69, 9.17) is 9.47 Å². The fourth-order valence-corrected chi connectivity index (χ4v) is 8.61. The van der Waals surface area contributed by atoms with E-state index >= 15 is 0 Å². The van der Waals surface area contributed by atoms with Crippen LogP contribution in [0.2, 0.25) is 0 Å². The number of aliphatic hydroxyl groups is 5. The van der Waals surface area contributed by atoms with Gasteiger partial charge in [-0.15, -0.1) is 0 Å². The summed E-state index contributed by atoms with van der Waals surface area (Å²) < 4.78 is 11.2. The number of unbranched alkanes of at least 4 members (excludes halogenated alkanes) is 24. The summed E-state index contributed by atoms with van der Waals surface area (Å²) in [7, 11) is 0. The van der Waals surface area contributed by atoms with Gasteiger partial charge in [0.25, 0.3) is 0 Å². The highest BCUT2D eigenvalue weighted by atomic mass is 16.7. The molecule has 1 rings (SSSR count). The van der Waals surface area contributed by atoms with Crippen molar-refractivity contribution in [3.63, 3.8) is 0 Å². The Morgan fingerprint density at radius 1 is 0.493 bits per heavy atom. The lowest BCUT2D eigenvalue weighted by Gasteiger charge is -2.40. The van der Waals surface area contributed by atoms with Crippen molar-refractivity contribution in [2.24, 2.45) is 0 Å². The van der Waals surface area contributed by atoms with Crippen LogP contribution >= 0.6 is 0 Å². The Bertz CT molecular complexity index is 1430. The predicted octanol–water partition coefficient (Wildman–Crippen LogP) is 14.4. The summed E-state index contributed by atoms with van der Waals surface area (Å²) in [4.78, 5) is 13.0. The van der Waals surface area contributed by atoms with Crippen LogP contribution in [0.15, 0.2) is 97.2 Å². The summed E-state index contributed by atoms with van der Waals surface area (Å²) >= 11 is 0. The van der Waals surface area contributed by atoms with Gasteiger partial charge in [-0.3, -0.25) is 4.79 Å². The smallest absolute Gasteiger partial charge is 0.220 e. The first-order valence-electron chi connectivity index (χ1n) is 29.0. The highest BCUT2D eigenvalue weighted by Crippen LogP contribution is 2.23. The summed E-state index contributed by atoms with van der Waals surface area (Å²) in [6.07, 6.45) is 66.3. The van der Waals surface area contributed by atoms with Gasteiger partial charge in [0.1, 0.15) is 24.4 Å². The van der Waals surface area contributed by atoms with Crippen molar-refractivity contribution in [2.75, 3.05) is 13.2 Å². The van der Waals surface area contributed by atoms with Gasteiger partial charge in [-0.1, -0.05) is 246 Å². The number of hydrogen-bond acceptors (Lipinski definition) is 8. The predicted molar refractivity (Wildman–Crippen MR) is 299 cm³/mol. The number of amides is 1. The highest BCUT2D eigenvalue weighted by Gasteiger charge is 2.44. The molecule has 7 atom stereocenters. The number of allylic oxidation sites excluding steroid dienone is 15. The Labute approximate surface area is 434 Å². The molecule has 6 N–H and O–H groups in total. The molecule has 0 aromatic carbocycles. The molecule has 0 aromatic rings. The fraction of sp³-hybridized carbons (Fsp3) is 0.726. The van der Waals surface area contributed by atoms with E-state index in [9.17, 15) is 30.3 Å². The second kappa shape index (κ2) is 50.6. The third-order valence-corrected chi connectivity index (χ3v) is 13.2. The topological polar surface area (TPSA) is 149 Å². The van der Waals surface area contributed by atoms with E-state index < -0.39 is 49.5 Å². The Hall–Kier alpha value is -2.89. The lowest BCUT2D eigenvalue weighted by molar-refractivity contribution is -0.302. The van der Waals surface area contributed by atoms with Crippen LogP contribution in [0.5, 0.6) is 0 Å². The lowest BCUT2D eigenvalue weighted by Crippen LogP contribution is -2.60. The van der Waals surface area contributed by atoms with Gasteiger partial charge in [0, 0.05) is 6.42 Å². The second-order valence-electron chi connectivity index (χ2n) is 19.7. The molecule has 1 saturated heterocycles. The molecule has 0 spiro atoms. The minimum Gasteiger partial charge on any atom is -0.394 e. The van der Waals surface area contributed by atoms with E-state index in [2.05, 4.69) is 104 Å². The number of nitrogens with one attached hydrogen (secondary N) is 1. The Morgan fingerprint density at radius 3 is 1.30 bits per heavy atom. The van der Waals surface area contributed by atoms with E-state index in [1.54, 1.807) is 6.08 Å². The molecule has 408 valence electrons. The molecule has 0 radical (unpaired) electrons. The van der Waals surface area contributed by atoms with Crippen molar-refractivity contribution >= 4 is 5.91 Å².